The number of sulfone groups is 1. The minimum atomic E-state index is -3.41. The molecular formula is C15H15F2NO2S. The van der Waals surface area contributed by atoms with Crippen molar-refractivity contribution in [3.8, 4) is 0 Å². The van der Waals surface area contributed by atoms with Crippen LogP contribution >= 0.6 is 0 Å². The quantitative estimate of drug-likeness (QED) is 0.939. The lowest BCUT2D eigenvalue weighted by Gasteiger charge is -2.18. The Balaban J connectivity index is 2.37. The molecule has 0 aliphatic rings. The van der Waals surface area contributed by atoms with Gasteiger partial charge in [-0.1, -0.05) is 24.3 Å². The van der Waals surface area contributed by atoms with E-state index in [0.29, 0.717) is 5.69 Å². The molecule has 0 spiro atoms. The molecule has 0 radical (unpaired) electrons. The lowest BCUT2D eigenvalue weighted by Crippen LogP contribution is -2.12. The summed E-state index contributed by atoms with van der Waals surface area (Å²) in [5, 5.41) is 2.92. The highest BCUT2D eigenvalue weighted by atomic mass is 32.2. The summed E-state index contributed by atoms with van der Waals surface area (Å²) in [6.07, 6.45) is 1.10. The summed E-state index contributed by atoms with van der Waals surface area (Å²) in [6, 6.07) is 9.66. The van der Waals surface area contributed by atoms with E-state index in [0.717, 1.165) is 12.3 Å². The fourth-order valence-electron chi connectivity index (χ4n) is 2.08. The van der Waals surface area contributed by atoms with Gasteiger partial charge < -0.3 is 5.32 Å². The van der Waals surface area contributed by atoms with Crippen molar-refractivity contribution in [2.75, 3.05) is 11.6 Å². The maximum atomic E-state index is 13.8. The predicted octanol–water partition coefficient (Wildman–Crippen LogP) is 3.54. The third-order valence-corrected chi connectivity index (χ3v) is 4.26. The third kappa shape index (κ3) is 3.39. The monoisotopic (exact) mass is 311 g/mol. The van der Waals surface area contributed by atoms with Gasteiger partial charge in [0, 0.05) is 11.8 Å². The van der Waals surface area contributed by atoms with Crippen LogP contribution in [0.4, 0.5) is 14.5 Å². The van der Waals surface area contributed by atoms with Crippen molar-refractivity contribution < 1.29 is 17.2 Å². The van der Waals surface area contributed by atoms with Crippen LogP contribution in [0.1, 0.15) is 18.5 Å². The topological polar surface area (TPSA) is 46.2 Å². The number of halogens is 2. The van der Waals surface area contributed by atoms with Crippen LogP contribution in [0, 0.1) is 11.6 Å². The summed E-state index contributed by atoms with van der Waals surface area (Å²) in [7, 11) is -3.41. The van der Waals surface area contributed by atoms with Crippen LogP contribution in [0.25, 0.3) is 0 Å². The first-order valence-electron chi connectivity index (χ1n) is 6.30. The fraction of sp³-hybridized carbons (Fsp3) is 0.200. The Morgan fingerprint density at radius 1 is 1.05 bits per heavy atom. The fourth-order valence-corrected chi connectivity index (χ4v) is 2.93. The van der Waals surface area contributed by atoms with Gasteiger partial charge in [0.15, 0.2) is 21.5 Å². The van der Waals surface area contributed by atoms with E-state index in [1.807, 2.05) is 0 Å². The molecule has 0 aromatic heterocycles. The molecule has 3 nitrogen and oxygen atoms in total. The van der Waals surface area contributed by atoms with Crippen molar-refractivity contribution in [2.24, 2.45) is 0 Å². The molecule has 2 aromatic rings. The Kier molecular flexibility index (Phi) is 4.27. The number of hydrogen-bond donors (Lipinski definition) is 1. The zero-order valence-electron chi connectivity index (χ0n) is 11.6. The molecule has 1 atom stereocenters. The van der Waals surface area contributed by atoms with Gasteiger partial charge in [0.2, 0.25) is 0 Å². The lowest BCUT2D eigenvalue weighted by atomic mass is 10.1. The van der Waals surface area contributed by atoms with Crippen molar-refractivity contribution in [1.82, 2.24) is 0 Å². The zero-order valence-corrected chi connectivity index (χ0v) is 12.4. The van der Waals surface area contributed by atoms with Crippen molar-refractivity contribution >= 4 is 15.5 Å². The smallest absolute Gasteiger partial charge is 0.177 e. The van der Waals surface area contributed by atoms with Gasteiger partial charge >= 0.3 is 0 Å². The largest absolute Gasteiger partial charge is 0.377 e. The number of benzene rings is 2. The van der Waals surface area contributed by atoms with Crippen molar-refractivity contribution in [3.63, 3.8) is 0 Å². The summed E-state index contributed by atoms with van der Waals surface area (Å²) < 4.78 is 50.4. The molecule has 0 fully saturated rings. The molecule has 6 heteroatoms. The molecule has 0 saturated heterocycles. The molecule has 2 aromatic carbocycles. The predicted molar refractivity (Wildman–Crippen MR) is 77.9 cm³/mol. The molecule has 0 amide bonds. The first kappa shape index (κ1) is 15.4. The van der Waals surface area contributed by atoms with Gasteiger partial charge in [0.05, 0.1) is 16.6 Å². The van der Waals surface area contributed by atoms with Crippen LogP contribution in [0.2, 0.25) is 0 Å². The maximum absolute atomic E-state index is 13.8. The number of anilines is 1. The van der Waals surface area contributed by atoms with E-state index in [1.165, 1.54) is 18.2 Å². The summed E-state index contributed by atoms with van der Waals surface area (Å²) in [4.78, 5) is 0.119. The summed E-state index contributed by atoms with van der Waals surface area (Å²) in [6.45, 7) is 1.64. The molecule has 1 unspecified atom stereocenters. The van der Waals surface area contributed by atoms with Crippen LogP contribution in [0.5, 0.6) is 0 Å². The lowest BCUT2D eigenvalue weighted by molar-refractivity contribution is 0.494. The Bertz CT molecular complexity index is 760. The van der Waals surface area contributed by atoms with Crippen LogP contribution in [-0.2, 0) is 9.84 Å². The second-order valence-corrected chi connectivity index (χ2v) is 6.76. The summed E-state index contributed by atoms with van der Waals surface area (Å²) in [5.41, 5.74) is 0.495. The van der Waals surface area contributed by atoms with Crippen LogP contribution in [0.15, 0.2) is 47.4 Å². The van der Waals surface area contributed by atoms with E-state index in [4.69, 9.17) is 0 Å². The molecule has 112 valence electrons. The normalized spacial score (nSPS) is 13.0. The van der Waals surface area contributed by atoms with E-state index in [-0.39, 0.29) is 10.5 Å². The van der Waals surface area contributed by atoms with Gasteiger partial charge in [-0.2, -0.15) is 0 Å². The highest BCUT2D eigenvalue weighted by molar-refractivity contribution is 7.90. The Hall–Kier alpha value is -1.95. The third-order valence-electron chi connectivity index (χ3n) is 3.11. The van der Waals surface area contributed by atoms with E-state index in [9.17, 15) is 17.2 Å². The minimum Gasteiger partial charge on any atom is -0.377 e. The van der Waals surface area contributed by atoms with Gasteiger partial charge in [-0.3, -0.25) is 0 Å². The molecule has 1 N–H and O–H groups in total. The number of hydrogen-bond acceptors (Lipinski definition) is 3. The van der Waals surface area contributed by atoms with Crippen molar-refractivity contribution in [1.29, 1.82) is 0 Å². The number of para-hydroxylation sites is 1. The molecule has 2 rings (SSSR count). The average molecular weight is 311 g/mol. The molecule has 0 heterocycles. The number of nitrogens with one attached hydrogen (secondary N) is 1. The molecule has 21 heavy (non-hydrogen) atoms. The molecule has 0 bridgehead atoms. The second kappa shape index (κ2) is 5.81. The molecule has 0 saturated carbocycles. The van der Waals surface area contributed by atoms with Gasteiger partial charge in [-0.15, -0.1) is 0 Å². The average Bonchev–Trinajstić information content (AvgIpc) is 2.41. The number of rotatable bonds is 4. The SMILES string of the molecule is CC(Nc1ccccc1S(C)(=O)=O)c1cccc(F)c1F. The Labute approximate surface area is 122 Å². The highest BCUT2D eigenvalue weighted by Crippen LogP contribution is 2.27. The Morgan fingerprint density at radius 3 is 2.38 bits per heavy atom. The molecular weight excluding hydrogens is 296 g/mol. The van der Waals surface area contributed by atoms with E-state index in [1.54, 1.807) is 25.1 Å². The zero-order chi connectivity index (χ0) is 15.6. The van der Waals surface area contributed by atoms with Gasteiger partial charge in [-0.05, 0) is 25.1 Å². The van der Waals surface area contributed by atoms with Gasteiger partial charge in [0.25, 0.3) is 0 Å². The minimum absolute atomic E-state index is 0.119. The standard InChI is InChI=1S/C15H15F2NO2S/c1-10(11-6-5-7-12(16)15(11)17)18-13-8-3-4-9-14(13)21(2,19)20/h3-10,18H,1-2H3. The van der Waals surface area contributed by atoms with Gasteiger partial charge in [-0.25, -0.2) is 17.2 Å². The van der Waals surface area contributed by atoms with E-state index >= 15 is 0 Å². The maximum Gasteiger partial charge on any atom is 0.177 e. The summed E-state index contributed by atoms with van der Waals surface area (Å²) in [5.74, 6) is -1.87. The van der Waals surface area contributed by atoms with E-state index in [2.05, 4.69) is 5.32 Å². The first-order chi connectivity index (χ1) is 9.80. The van der Waals surface area contributed by atoms with Gasteiger partial charge in [0.1, 0.15) is 0 Å². The highest BCUT2D eigenvalue weighted by Gasteiger charge is 2.17. The van der Waals surface area contributed by atoms with E-state index < -0.39 is 27.5 Å². The van der Waals surface area contributed by atoms with Crippen LogP contribution in [0.3, 0.4) is 0 Å². The van der Waals surface area contributed by atoms with Crippen molar-refractivity contribution in [3.05, 3.63) is 59.7 Å². The first-order valence-corrected chi connectivity index (χ1v) is 8.19. The van der Waals surface area contributed by atoms with Crippen LogP contribution in [-0.4, -0.2) is 14.7 Å². The Morgan fingerprint density at radius 2 is 1.71 bits per heavy atom. The van der Waals surface area contributed by atoms with Crippen molar-refractivity contribution in [2.45, 2.75) is 17.9 Å². The second-order valence-electron chi connectivity index (χ2n) is 4.78. The molecule has 0 aliphatic carbocycles. The van der Waals surface area contributed by atoms with Crippen LogP contribution < -0.4 is 5.32 Å². The molecule has 0 aliphatic heterocycles. The summed E-state index contributed by atoms with van der Waals surface area (Å²) >= 11 is 0.